The SMILES string of the molecule is N#CCc1c(C(F)(F)F)c[nH]c(=O)c1OC(F)(F)F. The third-order valence-corrected chi connectivity index (χ3v) is 1.93. The molecule has 0 aliphatic carbocycles. The van der Waals surface area contributed by atoms with Crippen molar-refractivity contribution < 1.29 is 31.1 Å². The summed E-state index contributed by atoms with van der Waals surface area (Å²) < 4.78 is 77.0. The van der Waals surface area contributed by atoms with E-state index in [-0.39, 0.29) is 6.20 Å². The number of nitrogens with one attached hydrogen (secondary N) is 1. The summed E-state index contributed by atoms with van der Waals surface area (Å²) >= 11 is 0. The highest BCUT2D eigenvalue weighted by molar-refractivity contribution is 5.40. The Morgan fingerprint density at radius 2 is 1.84 bits per heavy atom. The molecule has 0 amide bonds. The lowest BCUT2D eigenvalue weighted by Crippen LogP contribution is -2.26. The molecule has 4 nitrogen and oxygen atoms in total. The Hall–Kier alpha value is -2.18. The van der Waals surface area contributed by atoms with Crippen LogP contribution in [0.3, 0.4) is 0 Å². The zero-order valence-corrected chi connectivity index (χ0v) is 8.82. The predicted molar refractivity (Wildman–Crippen MR) is 48.1 cm³/mol. The highest BCUT2D eigenvalue weighted by Crippen LogP contribution is 2.35. The summed E-state index contributed by atoms with van der Waals surface area (Å²) in [5.41, 5.74) is -4.22. The summed E-state index contributed by atoms with van der Waals surface area (Å²) in [4.78, 5) is 12.6. The standard InChI is InChI=1S/C9H4F6N2O2/c10-8(11,12)5-3-17-7(18)6(4(5)1-2-16)19-9(13,14)15/h3H,1H2,(H,17,18). The minimum atomic E-state index is -5.35. The van der Waals surface area contributed by atoms with Crippen molar-refractivity contribution in [3.63, 3.8) is 0 Å². The van der Waals surface area contributed by atoms with E-state index < -0.39 is 41.4 Å². The molecule has 1 rings (SSSR count). The van der Waals surface area contributed by atoms with Crippen molar-refractivity contribution in [1.82, 2.24) is 4.98 Å². The quantitative estimate of drug-likeness (QED) is 0.849. The van der Waals surface area contributed by atoms with Gasteiger partial charge in [-0.1, -0.05) is 0 Å². The highest BCUT2D eigenvalue weighted by atomic mass is 19.4. The Balaban J connectivity index is 3.52. The van der Waals surface area contributed by atoms with Crippen LogP contribution in [0.15, 0.2) is 11.0 Å². The minimum Gasteiger partial charge on any atom is -0.400 e. The van der Waals surface area contributed by atoms with Crippen molar-refractivity contribution in [1.29, 1.82) is 5.26 Å². The molecule has 0 unspecified atom stereocenters. The van der Waals surface area contributed by atoms with Gasteiger partial charge in [0, 0.05) is 11.8 Å². The number of alkyl halides is 6. The van der Waals surface area contributed by atoms with Crippen molar-refractivity contribution >= 4 is 0 Å². The first-order chi connectivity index (χ1) is 8.56. The molecule has 1 N–H and O–H groups in total. The lowest BCUT2D eigenvalue weighted by Gasteiger charge is -2.15. The molecule has 0 aliphatic heterocycles. The molecule has 0 aromatic carbocycles. The van der Waals surface area contributed by atoms with Gasteiger partial charge in [-0.05, 0) is 0 Å². The summed E-state index contributed by atoms with van der Waals surface area (Å²) in [6.07, 6.45) is -11.2. The zero-order valence-electron chi connectivity index (χ0n) is 8.82. The van der Waals surface area contributed by atoms with Gasteiger partial charge in [0.1, 0.15) is 0 Å². The molecule has 0 saturated carbocycles. The lowest BCUT2D eigenvalue weighted by molar-refractivity contribution is -0.275. The number of nitrogens with zero attached hydrogens (tertiary/aromatic N) is 1. The molecule has 1 heterocycles. The van der Waals surface area contributed by atoms with Crippen LogP contribution in [-0.2, 0) is 12.6 Å². The van der Waals surface area contributed by atoms with Crippen molar-refractivity contribution in [2.75, 3.05) is 0 Å². The van der Waals surface area contributed by atoms with E-state index in [4.69, 9.17) is 5.26 Å². The monoisotopic (exact) mass is 286 g/mol. The van der Waals surface area contributed by atoms with Gasteiger partial charge in [0.05, 0.1) is 18.1 Å². The molecular formula is C9H4F6N2O2. The summed E-state index contributed by atoms with van der Waals surface area (Å²) in [5.74, 6) is -1.58. The number of ether oxygens (including phenoxy) is 1. The molecule has 0 saturated heterocycles. The van der Waals surface area contributed by atoms with Crippen LogP contribution in [0.4, 0.5) is 26.3 Å². The van der Waals surface area contributed by atoms with Gasteiger partial charge in [-0.2, -0.15) is 18.4 Å². The molecule has 19 heavy (non-hydrogen) atoms. The molecule has 0 aliphatic rings. The summed E-state index contributed by atoms with van der Waals surface area (Å²) in [6, 6.07) is 1.25. The number of hydrogen-bond acceptors (Lipinski definition) is 3. The maximum Gasteiger partial charge on any atom is 0.573 e. The zero-order chi connectivity index (χ0) is 14.8. The topological polar surface area (TPSA) is 65.9 Å². The Kier molecular flexibility index (Phi) is 3.78. The summed E-state index contributed by atoms with van der Waals surface area (Å²) in [6.45, 7) is 0. The first kappa shape index (κ1) is 14.9. The van der Waals surface area contributed by atoms with Gasteiger partial charge >= 0.3 is 12.5 Å². The molecule has 104 valence electrons. The third-order valence-electron chi connectivity index (χ3n) is 1.93. The number of aromatic amines is 1. The van der Waals surface area contributed by atoms with E-state index in [0.717, 1.165) is 0 Å². The molecule has 10 heteroatoms. The third kappa shape index (κ3) is 3.64. The fourth-order valence-electron chi connectivity index (χ4n) is 1.28. The maximum atomic E-state index is 12.5. The number of rotatable bonds is 2. The number of pyridine rings is 1. The fraction of sp³-hybridized carbons (Fsp3) is 0.333. The number of nitriles is 1. The molecule has 0 spiro atoms. The van der Waals surface area contributed by atoms with Crippen molar-refractivity contribution in [2.24, 2.45) is 0 Å². The van der Waals surface area contributed by atoms with E-state index in [1.807, 2.05) is 0 Å². The Bertz CT molecular complexity index is 566. The lowest BCUT2D eigenvalue weighted by atomic mass is 10.1. The van der Waals surface area contributed by atoms with E-state index in [1.54, 1.807) is 0 Å². The van der Waals surface area contributed by atoms with E-state index >= 15 is 0 Å². The van der Waals surface area contributed by atoms with Crippen LogP contribution in [0.5, 0.6) is 5.75 Å². The van der Waals surface area contributed by atoms with E-state index in [2.05, 4.69) is 4.74 Å². The average Bonchev–Trinajstić information content (AvgIpc) is 2.20. The molecule has 1 aromatic heterocycles. The van der Waals surface area contributed by atoms with Gasteiger partial charge in [0.2, 0.25) is 0 Å². The largest absolute Gasteiger partial charge is 0.573 e. The van der Waals surface area contributed by atoms with Gasteiger partial charge in [0.15, 0.2) is 5.75 Å². The van der Waals surface area contributed by atoms with Crippen LogP contribution in [-0.4, -0.2) is 11.3 Å². The summed E-state index contributed by atoms with van der Waals surface area (Å²) in [7, 11) is 0. The Labute approximate surface area is 101 Å². The van der Waals surface area contributed by atoms with Gasteiger partial charge in [-0.15, -0.1) is 13.2 Å². The maximum absolute atomic E-state index is 12.5. The predicted octanol–water partition coefficient (Wildman–Crippen LogP) is 2.36. The Morgan fingerprint density at radius 3 is 2.26 bits per heavy atom. The van der Waals surface area contributed by atoms with Crippen LogP contribution >= 0.6 is 0 Å². The van der Waals surface area contributed by atoms with Gasteiger partial charge in [-0.3, -0.25) is 4.79 Å². The molecule has 1 aromatic rings. The van der Waals surface area contributed by atoms with E-state index in [9.17, 15) is 31.1 Å². The summed E-state index contributed by atoms with van der Waals surface area (Å²) in [5, 5.41) is 8.36. The smallest absolute Gasteiger partial charge is 0.400 e. The van der Waals surface area contributed by atoms with Gasteiger partial charge < -0.3 is 9.72 Å². The van der Waals surface area contributed by atoms with Crippen LogP contribution in [0.1, 0.15) is 11.1 Å². The average molecular weight is 286 g/mol. The van der Waals surface area contributed by atoms with Crippen LogP contribution in [0.2, 0.25) is 0 Å². The fourth-order valence-corrected chi connectivity index (χ4v) is 1.28. The van der Waals surface area contributed by atoms with Crippen molar-refractivity contribution in [2.45, 2.75) is 19.0 Å². The second-order valence-electron chi connectivity index (χ2n) is 3.22. The molecule has 0 atom stereocenters. The molecular weight excluding hydrogens is 282 g/mol. The van der Waals surface area contributed by atoms with Gasteiger partial charge in [0.25, 0.3) is 5.56 Å². The van der Waals surface area contributed by atoms with Crippen molar-refractivity contribution in [3.05, 3.63) is 27.7 Å². The normalized spacial score (nSPS) is 12.1. The van der Waals surface area contributed by atoms with E-state index in [1.165, 1.54) is 11.1 Å². The number of halogens is 6. The molecule has 0 bridgehead atoms. The number of H-pyrrole nitrogens is 1. The first-order valence-corrected chi connectivity index (χ1v) is 4.50. The molecule has 0 fully saturated rings. The number of hydrogen-bond donors (Lipinski definition) is 1. The minimum absolute atomic E-state index is 0.193. The second-order valence-corrected chi connectivity index (χ2v) is 3.22. The highest BCUT2D eigenvalue weighted by Gasteiger charge is 2.39. The van der Waals surface area contributed by atoms with Crippen LogP contribution < -0.4 is 10.3 Å². The van der Waals surface area contributed by atoms with Crippen LogP contribution in [0, 0.1) is 11.3 Å². The second kappa shape index (κ2) is 4.83. The van der Waals surface area contributed by atoms with E-state index in [0.29, 0.717) is 0 Å². The van der Waals surface area contributed by atoms with Gasteiger partial charge in [-0.25, -0.2) is 0 Å². The molecule has 0 radical (unpaired) electrons. The van der Waals surface area contributed by atoms with Crippen LogP contribution in [0.25, 0.3) is 0 Å². The first-order valence-electron chi connectivity index (χ1n) is 4.50. The number of aromatic nitrogens is 1. The van der Waals surface area contributed by atoms with Crippen molar-refractivity contribution in [3.8, 4) is 11.8 Å². The Morgan fingerprint density at radius 1 is 1.26 bits per heavy atom.